The summed E-state index contributed by atoms with van der Waals surface area (Å²) in [6.07, 6.45) is 0.363. The van der Waals surface area contributed by atoms with Crippen molar-refractivity contribution in [3.8, 4) is 0 Å². The lowest BCUT2D eigenvalue weighted by Gasteiger charge is -2.43. The molecule has 3 atom stereocenters. The van der Waals surface area contributed by atoms with E-state index in [1.54, 1.807) is 0 Å². The number of carbonyl (C=O) groups is 1. The summed E-state index contributed by atoms with van der Waals surface area (Å²) >= 11 is 0. The van der Waals surface area contributed by atoms with Crippen molar-refractivity contribution < 1.29 is 24.2 Å². The molecule has 0 unspecified atom stereocenters. The maximum absolute atomic E-state index is 12.5. The summed E-state index contributed by atoms with van der Waals surface area (Å²) in [6.45, 7) is 6.79. The van der Waals surface area contributed by atoms with Gasteiger partial charge in [-0.1, -0.05) is 81.4 Å². The standard InChI is InChI=1S/C25H34O5Si/c1-25(2,3)31(19-10-6-4-7-11-19,20-12-8-5-9-13-20)29-18-23-21(14-16-26)22(15-17-27)24(28)30-23/h4-13,21-23,26-27H,14-18H2,1-3H3/t21-,22+,23+/m0/s1. The van der Waals surface area contributed by atoms with Crippen molar-refractivity contribution in [2.24, 2.45) is 11.8 Å². The monoisotopic (exact) mass is 442 g/mol. The maximum Gasteiger partial charge on any atom is 0.309 e. The number of aliphatic hydroxyl groups is 2. The lowest BCUT2D eigenvalue weighted by molar-refractivity contribution is -0.145. The van der Waals surface area contributed by atoms with E-state index < -0.39 is 20.3 Å². The van der Waals surface area contributed by atoms with Gasteiger partial charge in [0.15, 0.2) is 0 Å². The average Bonchev–Trinajstić information content (AvgIpc) is 3.04. The zero-order valence-corrected chi connectivity index (χ0v) is 19.7. The number of esters is 1. The van der Waals surface area contributed by atoms with E-state index in [4.69, 9.17) is 9.16 Å². The van der Waals surface area contributed by atoms with Crippen LogP contribution in [-0.2, 0) is 14.0 Å². The molecule has 31 heavy (non-hydrogen) atoms. The van der Waals surface area contributed by atoms with Crippen LogP contribution >= 0.6 is 0 Å². The van der Waals surface area contributed by atoms with Gasteiger partial charge in [0.2, 0.25) is 0 Å². The third-order valence-corrected chi connectivity index (χ3v) is 11.4. The predicted molar refractivity (Wildman–Crippen MR) is 124 cm³/mol. The third kappa shape index (κ3) is 4.77. The van der Waals surface area contributed by atoms with E-state index in [0.29, 0.717) is 12.8 Å². The van der Waals surface area contributed by atoms with Crippen LogP contribution in [0.1, 0.15) is 33.6 Å². The Kier molecular flexibility index (Phi) is 7.70. The van der Waals surface area contributed by atoms with Gasteiger partial charge in [0.05, 0.1) is 12.5 Å². The summed E-state index contributed by atoms with van der Waals surface area (Å²) in [5, 5.41) is 21.1. The van der Waals surface area contributed by atoms with Gasteiger partial charge in [0.25, 0.3) is 8.32 Å². The predicted octanol–water partition coefficient (Wildman–Crippen LogP) is 2.49. The molecule has 5 nitrogen and oxygen atoms in total. The van der Waals surface area contributed by atoms with Crippen molar-refractivity contribution in [3.05, 3.63) is 60.7 Å². The second kappa shape index (κ2) is 10.1. The number of rotatable bonds is 9. The highest BCUT2D eigenvalue weighted by atomic mass is 28.4. The molecule has 0 aliphatic carbocycles. The molecule has 1 aliphatic heterocycles. The topological polar surface area (TPSA) is 76.0 Å². The number of cyclic esters (lactones) is 1. The first-order valence-electron chi connectivity index (χ1n) is 11.0. The lowest BCUT2D eigenvalue weighted by Crippen LogP contribution is -2.67. The maximum atomic E-state index is 12.5. The van der Waals surface area contributed by atoms with Gasteiger partial charge >= 0.3 is 5.97 Å². The minimum atomic E-state index is -2.74. The molecule has 0 radical (unpaired) electrons. The minimum absolute atomic E-state index is 0.0288. The zero-order valence-electron chi connectivity index (χ0n) is 18.7. The van der Waals surface area contributed by atoms with Crippen LogP contribution in [0.15, 0.2) is 60.7 Å². The van der Waals surface area contributed by atoms with Crippen LogP contribution in [0.3, 0.4) is 0 Å². The molecule has 1 saturated heterocycles. The molecule has 1 heterocycles. The molecule has 3 rings (SSSR count). The molecule has 168 valence electrons. The molecule has 0 saturated carbocycles. The summed E-state index contributed by atoms with van der Waals surface area (Å²) < 4.78 is 12.6. The normalized spacial score (nSPS) is 21.8. The molecular formula is C25H34O5Si. The van der Waals surface area contributed by atoms with Gasteiger partial charge in [-0.15, -0.1) is 0 Å². The SMILES string of the molecule is CC(C)(C)[Si](OC[C@H]1OC(=O)[C@H](CCO)[C@@H]1CCO)(c1ccccc1)c1ccccc1. The number of carbonyl (C=O) groups excluding carboxylic acids is 1. The number of hydrogen-bond acceptors (Lipinski definition) is 5. The van der Waals surface area contributed by atoms with Crippen LogP contribution in [0.2, 0.25) is 5.04 Å². The second-order valence-corrected chi connectivity index (χ2v) is 13.6. The molecule has 0 spiro atoms. The summed E-state index contributed by atoms with van der Waals surface area (Å²) in [7, 11) is -2.74. The van der Waals surface area contributed by atoms with E-state index in [9.17, 15) is 15.0 Å². The van der Waals surface area contributed by atoms with E-state index in [1.807, 2.05) is 36.4 Å². The van der Waals surface area contributed by atoms with Gasteiger partial charge in [-0.05, 0) is 28.3 Å². The van der Waals surface area contributed by atoms with Crippen molar-refractivity contribution in [2.75, 3.05) is 19.8 Å². The molecular weight excluding hydrogens is 408 g/mol. The van der Waals surface area contributed by atoms with E-state index in [-0.39, 0.29) is 36.7 Å². The Balaban J connectivity index is 1.99. The Morgan fingerprint density at radius 3 is 1.87 bits per heavy atom. The van der Waals surface area contributed by atoms with Crippen LogP contribution in [-0.4, -0.2) is 50.4 Å². The fourth-order valence-electron chi connectivity index (χ4n) is 4.89. The van der Waals surface area contributed by atoms with E-state index in [2.05, 4.69) is 45.0 Å². The van der Waals surface area contributed by atoms with Gasteiger partial charge in [-0.2, -0.15) is 0 Å². The van der Waals surface area contributed by atoms with Crippen LogP contribution in [0.5, 0.6) is 0 Å². The number of benzene rings is 2. The fourth-order valence-corrected chi connectivity index (χ4v) is 9.46. The van der Waals surface area contributed by atoms with E-state index in [1.165, 1.54) is 10.4 Å². The molecule has 1 fully saturated rings. The molecule has 2 aromatic rings. The number of aliphatic hydroxyl groups excluding tert-OH is 2. The molecule has 0 amide bonds. The summed E-state index contributed by atoms with van der Waals surface area (Å²) in [5.74, 6) is -0.865. The molecule has 2 aromatic carbocycles. The molecule has 0 bridgehead atoms. The van der Waals surface area contributed by atoms with Crippen molar-refractivity contribution in [1.29, 1.82) is 0 Å². The quantitative estimate of drug-likeness (QED) is 0.461. The van der Waals surface area contributed by atoms with Crippen molar-refractivity contribution in [1.82, 2.24) is 0 Å². The Morgan fingerprint density at radius 2 is 1.42 bits per heavy atom. The fraction of sp³-hybridized carbons (Fsp3) is 0.480. The highest BCUT2D eigenvalue weighted by Crippen LogP contribution is 2.39. The van der Waals surface area contributed by atoms with Gasteiger partial charge in [0, 0.05) is 19.1 Å². The average molecular weight is 443 g/mol. The molecule has 1 aliphatic rings. The first kappa shape index (κ1) is 23.7. The summed E-state index contributed by atoms with van der Waals surface area (Å²) in [5.41, 5.74) is 0. The Hall–Kier alpha value is -1.99. The number of hydrogen-bond donors (Lipinski definition) is 2. The van der Waals surface area contributed by atoms with Crippen molar-refractivity contribution >= 4 is 24.7 Å². The summed E-state index contributed by atoms with van der Waals surface area (Å²) in [6, 6.07) is 20.7. The molecule has 6 heteroatoms. The van der Waals surface area contributed by atoms with E-state index >= 15 is 0 Å². The number of ether oxygens (including phenoxy) is 1. The molecule has 2 N–H and O–H groups in total. The summed E-state index contributed by atoms with van der Waals surface area (Å²) in [4.78, 5) is 12.5. The highest BCUT2D eigenvalue weighted by molar-refractivity contribution is 6.99. The largest absolute Gasteiger partial charge is 0.459 e. The second-order valence-electron chi connectivity index (χ2n) is 9.24. The Morgan fingerprint density at radius 1 is 0.903 bits per heavy atom. The van der Waals surface area contributed by atoms with Crippen LogP contribution in [0.4, 0.5) is 0 Å². The van der Waals surface area contributed by atoms with Gasteiger partial charge in [0.1, 0.15) is 6.10 Å². The minimum Gasteiger partial charge on any atom is -0.459 e. The van der Waals surface area contributed by atoms with Gasteiger partial charge in [-0.25, -0.2) is 0 Å². The Bertz CT molecular complexity index is 794. The first-order chi connectivity index (χ1) is 14.8. The van der Waals surface area contributed by atoms with Crippen LogP contribution in [0, 0.1) is 11.8 Å². The van der Waals surface area contributed by atoms with Gasteiger partial charge in [-0.3, -0.25) is 4.79 Å². The van der Waals surface area contributed by atoms with Gasteiger partial charge < -0.3 is 19.4 Å². The molecule has 0 aromatic heterocycles. The van der Waals surface area contributed by atoms with Crippen molar-refractivity contribution in [3.63, 3.8) is 0 Å². The first-order valence-corrected chi connectivity index (χ1v) is 12.9. The van der Waals surface area contributed by atoms with Crippen molar-refractivity contribution in [2.45, 2.75) is 44.8 Å². The highest BCUT2D eigenvalue weighted by Gasteiger charge is 2.52. The van der Waals surface area contributed by atoms with Crippen LogP contribution < -0.4 is 10.4 Å². The van der Waals surface area contributed by atoms with E-state index in [0.717, 1.165) is 0 Å². The third-order valence-electron chi connectivity index (χ3n) is 6.35. The zero-order chi connectivity index (χ0) is 22.5. The smallest absolute Gasteiger partial charge is 0.309 e. The van der Waals surface area contributed by atoms with Crippen LogP contribution in [0.25, 0.3) is 0 Å². The lowest BCUT2D eigenvalue weighted by atomic mass is 9.86. The Labute approximate surface area is 186 Å².